The first kappa shape index (κ1) is 17.4. The van der Waals surface area contributed by atoms with Crippen LogP contribution in [0.25, 0.3) is 0 Å². The van der Waals surface area contributed by atoms with Gasteiger partial charge in [-0.3, -0.25) is 4.79 Å². The van der Waals surface area contributed by atoms with Crippen LogP contribution >= 0.6 is 0 Å². The van der Waals surface area contributed by atoms with E-state index in [-0.39, 0.29) is 5.91 Å². The lowest BCUT2D eigenvalue weighted by atomic mass is 9.85. The van der Waals surface area contributed by atoms with Crippen molar-refractivity contribution >= 4 is 5.91 Å². The Labute approximate surface area is 122 Å². The Hall–Kier alpha value is -0.650. The topological polar surface area (TPSA) is 70.6 Å². The first-order chi connectivity index (χ1) is 9.67. The third-order valence-electron chi connectivity index (χ3n) is 4.05. The molecule has 0 aromatic carbocycles. The van der Waals surface area contributed by atoms with Crippen LogP contribution in [0, 0.1) is 5.92 Å². The van der Waals surface area contributed by atoms with Crippen LogP contribution in [-0.4, -0.2) is 50.0 Å². The normalized spacial score (nSPS) is 24.4. The van der Waals surface area contributed by atoms with Crippen LogP contribution in [0.1, 0.15) is 45.4 Å². The van der Waals surface area contributed by atoms with Crippen LogP contribution in [0.4, 0.5) is 0 Å². The summed E-state index contributed by atoms with van der Waals surface area (Å²) in [4.78, 5) is 11.0. The molecule has 1 aliphatic carbocycles. The Morgan fingerprint density at radius 1 is 1.40 bits per heavy atom. The van der Waals surface area contributed by atoms with Crippen LogP contribution in [0.2, 0.25) is 0 Å². The van der Waals surface area contributed by atoms with Gasteiger partial charge in [0.1, 0.15) is 0 Å². The molecule has 3 atom stereocenters. The third-order valence-corrected chi connectivity index (χ3v) is 4.05. The average molecular weight is 286 g/mol. The number of hydrogen-bond donors (Lipinski definition) is 3. The highest BCUT2D eigenvalue weighted by Gasteiger charge is 2.24. The number of aliphatic hydroxyl groups is 1. The Bertz CT molecular complexity index is 274. The van der Waals surface area contributed by atoms with Crippen molar-refractivity contribution in [3.8, 4) is 0 Å². The summed E-state index contributed by atoms with van der Waals surface area (Å²) in [6.45, 7) is 3.65. The first-order valence-corrected chi connectivity index (χ1v) is 7.88. The second kappa shape index (κ2) is 10.1. The first-order valence-electron chi connectivity index (χ1n) is 7.88. The van der Waals surface area contributed by atoms with Gasteiger partial charge in [-0.05, 0) is 18.8 Å². The van der Waals surface area contributed by atoms with Crippen molar-refractivity contribution in [2.75, 3.05) is 26.7 Å². The molecule has 1 rings (SSSR count). The molecule has 5 heteroatoms. The minimum atomic E-state index is -0.501. The van der Waals surface area contributed by atoms with Crippen LogP contribution in [0.15, 0.2) is 0 Å². The molecule has 0 saturated heterocycles. The number of rotatable bonds is 9. The molecule has 0 aliphatic heterocycles. The van der Waals surface area contributed by atoms with Crippen LogP contribution in [0.5, 0.6) is 0 Å². The summed E-state index contributed by atoms with van der Waals surface area (Å²) < 4.78 is 5.88. The molecule has 0 bridgehead atoms. The number of ether oxygens (including phenoxy) is 1. The number of amides is 1. The van der Waals surface area contributed by atoms with Crippen molar-refractivity contribution in [1.82, 2.24) is 10.6 Å². The molecular weight excluding hydrogens is 256 g/mol. The van der Waals surface area contributed by atoms with Gasteiger partial charge < -0.3 is 20.5 Å². The smallest absolute Gasteiger partial charge is 0.221 e. The van der Waals surface area contributed by atoms with E-state index in [4.69, 9.17) is 4.74 Å². The van der Waals surface area contributed by atoms with E-state index in [0.29, 0.717) is 38.1 Å². The molecule has 1 fully saturated rings. The molecule has 1 saturated carbocycles. The van der Waals surface area contributed by atoms with Crippen molar-refractivity contribution in [2.45, 2.75) is 57.7 Å². The highest BCUT2D eigenvalue weighted by Crippen LogP contribution is 2.29. The van der Waals surface area contributed by atoms with E-state index in [1.165, 1.54) is 19.3 Å². The highest BCUT2D eigenvalue weighted by atomic mass is 16.5. The van der Waals surface area contributed by atoms with Crippen LogP contribution in [-0.2, 0) is 9.53 Å². The van der Waals surface area contributed by atoms with Gasteiger partial charge in [0.15, 0.2) is 0 Å². The van der Waals surface area contributed by atoms with Gasteiger partial charge in [0.25, 0.3) is 0 Å². The average Bonchev–Trinajstić information content (AvgIpc) is 2.49. The van der Waals surface area contributed by atoms with E-state index in [1.807, 2.05) is 0 Å². The van der Waals surface area contributed by atoms with Crippen molar-refractivity contribution in [3.05, 3.63) is 0 Å². The molecule has 0 aromatic rings. The zero-order valence-corrected chi connectivity index (χ0v) is 12.9. The fourth-order valence-corrected chi connectivity index (χ4v) is 2.75. The predicted octanol–water partition coefficient (Wildman–Crippen LogP) is 1.06. The summed E-state index contributed by atoms with van der Waals surface area (Å²) in [5.41, 5.74) is 0. The van der Waals surface area contributed by atoms with E-state index in [2.05, 4.69) is 17.6 Å². The fraction of sp³-hybridized carbons (Fsp3) is 0.933. The van der Waals surface area contributed by atoms with E-state index in [9.17, 15) is 9.90 Å². The minimum Gasteiger partial charge on any atom is -0.389 e. The van der Waals surface area contributed by atoms with Gasteiger partial charge in [-0.2, -0.15) is 0 Å². The van der Waals surface area contributed by atoms with E-state index in [1.54, 1.807) is 7.05 Å². The summed E-state index contributed by atoms with van der Waals surface area (Å²) in [6, 6.07) is 0. The van der Waals surface area contributed by atoms with Crippen molar-refractivity contribution in [3.63, 3.8) is 0 Å². The quantitative estimate of drug-likeness (QED) is 0.554. The largest absolute Gasteiger partial charge is 0.389 e. The molecule has 1 amide bonds. The Balaban J connectivity index is 2.09. The van der Waals surface area contributed by atoms with Crippen molar-refractivity contribution in [1.29, 1.82) is 0 Å². The molecular formula is C15H30N2O3. The summed E-state index contributed by atoms with van der Waals surface area (Å²) >= 11 is 0. The van der Waals surface area contributed by atoms with Crippen molar-refractivity contribution < 1.29 is 14.6 Å². The number of carbonyl (C=O) groups excluding carboxylic acids is 1. The second-order valence-corrected chi connectivity index (χ2v) is 5.61. The van der Waals surface area contributed by atoms with Gasteiger partial charge in [0.2, 0.25) is 5.91 Å². The van der Waals surface area contributed by atoms with Gasteiger partial charge in [-0.1, -0.05) is 26.2 Å². The molecule has 5 nitrogen and oxygen atoms in total. The standard InChI is InChI=1S/C15H30N2O3/c1-3-12-6-4-5-7-14(12)20-11-13(18)10-17-9-8-15(19)16-2/h12-14,17-18H,3-11H2,1-2H3,(H,16,19). The predicted molar refractivity (Wildman–Crippen MR) is 79.5 cm³/mol. The lowest BCUT2D eigenvalue weighted by Crippen LogP contribution is -2.36. The fourth-order valence-electron chi connectivity index (χ4n) is 2.75. The number of aliphatic hydroxyl groups excluding tert-OH is 1. The zero-order valence-electron chi connectivity index (χ0n) is 12.9. The molecule has 0 aromatic heterocycles. The SMILES string of the molecule is CCC1CCCCC1OCC(O)CNCCC(=O)NC. The molecule has 3 unspecified atom stereocenters. The number of nitrogens with one attached hydrogen (secondary N) is 2. The van der Waals surface area contributed by atoms with Crippen LogP contribution < -0.4 is 10.6 Å². The molecule has 0 heterocycles. The van der Waals surface area contributed by atoms with Gasteiger partial charge in [-0.15, -0.1) is 0 Å². The summed E-state index contributed by atoms with van der Waals surface area (Å²) in [5, 5.41) is 15.5. The number of carbonyl (C=O) groups is 1. The summed E-state index contributed by atoms with van der Waals surface area (Å²) in [7, 11) is 1.62. The van der Waals surface area contributed by atoms with Crippen molar-refractivity contribution in [2.24, 2.45) is 5.92 Å². The summed E-state index contributed by atoms with van der Waals surface area (Å²) in [6.07, 6.45) is 6.32. The molecule has 20 heavy (non-hydrogen) atoms. The maximum absolute atomic E-state index is 11.0. The molecule has 0 radical (unpaired) electrons. The zero-order chi connectivity index (χ0) is 14.8. The minimum absolute atomic E-state index is 0.0104. The Kier molecular flexibility index (Phi) is 8.82. The van der Waals surface area contributed by atoms with Crippen LogP contribution in [0.3, 0.4) is 0 Å². The maximum atomic E-state index is 11.0. The Morgan fingerprint density at radius 2 is 2.15 bits per heavy atom. The monoisotopic (exact) mass is 286 g/mol. The van der Waals surface area contributed by atoms with Gasteiger partial charge >= 0.3 is 0 Å². The van der Waals surface area contributed by atoms with E-state index >= 15 is 0 Å². The highest BCUT2D eigenvalue weighted by molar-refractivity contribution is 5.75. The maximum Gasteiger partial charge on any atom is 0.221 e. The molecule has 3 N–H and O–H groups in total. The lowest BCUT2D eigenvalue weighted by Gasteiger charge is -2.31. The molecule has 118 valence electrons. The van der Waals surface area contributed by atoms with Gasteiger partial charge in [-0.25, -0.2) is 0 Å². The molecule has 1 aliphatic rings. The number of hydrogen-bond acceptors (Lipinski definition) is 4. The third kappa shape index (κ3) is 6.68. The van der Waals surface area contributed by atoms with E-state index in [0.717, 1.165) is 12.8 Å². The molecule has 0 spiro atoms. The second-order valence-electron chi connectivity index (χ2n) is 5.61. The van der Waals surface area contributed by atoms with Gasteiger partial charge in [0.05, 0.1) is 18.8 Å². The van der Waals surface area contributed by atoms with E-state index < -0.39 is 6.10 Å². The lowest BCUT2D eigenvalue weighted by molar-refractivity contribution is -0.120. The Morgan fingerprint density at radius 3 is 2.85 bits per heavy atom. The summed E-state index contributed by atoms with van der Waals surface area (Å²) in [5.74, 6) is 0.661. The van der Waals surface area contributed by atoms with Gasteiger partial charge in [0, 0.05) is 26.6 Å².